The number of rotatable bonds is 4. The number of aliphatic hydroxyl groups excluding tert-OH is 4. The van der Waals surface area contributed by atoms with Crippen molar-refractivity contribution < 1.29 is 136 Å². The summed E-state index contributed by atoms with van der Waals surface area (Å²) < 4.78 is 128. The zero-order valence-electron chi connectivity index (χ0n) is 29.8. The van der Waals surface area contributed by atoms with Crippen molar-refractivity contribution >= 4 is 37.1 Å². The molecule has 58 heavy (non-hydrogen) atoms. The molecule has 24 heteroatoms. The Morgan fingerprint density at radius 3 is 0.500 bits per heavy atom. The van der Waals surface area contributed by atoms with Gasteiger partial charge in [0.15, 0.2) is 0 Å². The van der Waals surface area contributed by atoms with Crippen molar-refractivity contribution in [2.45, 2.75) is 49.9 Å². The summed E-state index contributed by atoms with van der Waals surface area (Å²) in [6.45, 7) is 4.69. The minimum absolute atomic E-state index is 0. The van der Waals surface area contributed by atoms with Crippen LogP contribution in [-0.4, -0.2) is 104 Å². The van der Waals surface area contributed by atoms with E-state index < -0.39 is 65.7 Å². The Morgan fingerprint density at radius 1 is 0.310 bits per heavy atom. The number of hydrogen-bond acceptors (Lipinski definition) is 8. The van der Waals surface area contributed by atoms with Gasteiger partial charge in [-0.2, -0.15) is 52.7 Å². The van der Waals surface area contributed by atoms with E-state index in [1.54, 1.807) is 0 Å². The number of benzene rings is 4. The van der Waals surface area contributed by atoms with Gasteiger partial charge < -0.3 is 40.9 Å². The standard InChI is InChI=1S/2C13H13P.4C2H3F3O2.2Mo/c2*1-14(12-8-4-2-5-9-12)13-10-6-3-7-11-13;4*3-2(4,5)1(6)7;;/h2*2-11H,1H3;4*1,6-7H;;/p+2. The van der Waals surface area contributed by atoms with Crippen molar-refractivity contribution in [3.63, 3.8) is 0 Å². The molecule has 0 bridgehead atoms. The average Bonchev–Trinajstić information content (AvgIpc) is 3.12. The van der Waals surface area contributed by atoms with Crippen LogP contribution in [0, 0.1) is 0 Å². The van der Waals surface area contributed by atoms with Gasteiger partial charge in [-0.05, 0) is 48.5 Å². The first-order valence-corrected chi connectivity index (χ1v) is 19.1. The van der Waals surface area contributed by atoms with Crippen LogP contribution in [0.25, 0.3) is 0 Å². The van der Waals surface area contributed by atoms with Crippen LogP contribution in [-0.2, 0) is 42.1 Å². The molecule has 0 atom stereocenters. The molecule has 8 N–H and O–H groups in total. The van der Waals surface area contributed by atoms with Crippen molar-refractivity contribution in [3.8, 4) is 0 Å². The van der Waals surface area contributed by atoms with Crippen LogP contribution in [0.2, 0.25) is 0 Å². The maximum Gasteiger partial charge on any atom is 0.439 e. The molecule has 0 saturated heterocycles. The molecular formula is C34H40F12Mo2O8P2+2. The molecule has 4 rings (SSSR count). The van der Waals surface area contributed by atoms with Crippen molar-refractivity contribution in [3.05, 3.63) is 121 Å². The molecule has 0 aliphatic rings. The van der Waals surface area contributed by atoms with Gasteiger partial charge in [0.05, 0.1) is 50.4 Å². The van der Waals surface area contributed by atoms with Crippen molar-refractivity contribution in [2.75, 3.05) is 13.3 Å². The Labute approximate surface area is 355 Å². The van der Waals surface area contributed by atoms with Crippen LogP contribution in [0.1, 0.15) is 0 Å². The zero-order chi connectivity index (χ0) is 43.9. The molecule has 4 aromatic carbocycles. The average molecular weight is 1060 g/mol. The van der Waals surface area contributed by atoms with E-state index in [9.17, 15) is 52.7 Å². The first-order valence-electron chi connectivity index (χ1n) is 15.1. The van der Waals surface area contributed by atoms with E-state index in [0.29, 0.717) is 0 Å². The van der Waals surface area contributed by atoms with E-state index in [1.807, 2.05) is 0 Å². The van der Waals surface area contributed by atoms with Gasteiger partial charge in [-0.25, -0.2) is 0 Å². The minimum atomic E-state index is -4.89. The smallest absolute Gasteiger partial charge is 0.361 e. The first-order chi connectivity index (χ1) is 25.5. The summed E-state index contributed by atoms with van der Waals surface area (Å²) in [7, 11) is -1.09. The van der Waals surface area contributed by atoms with Crippen molar-refractivity contribution in [1.29, 1.82) is 0 Å². The first kappa shape index (κ1) is 62.6. The second-order valence-electron chi connectivity index (χ2n) is 10.4. The number of halogens is 12. The van der Waals surface area contributed by atoms with E-state index in [-0.39, 0.29) is 42.1 Å². The normalized spacial score (nSPS) is 11.2. The van der Waals surface area contributed by atoms with Crippen molar-refractivity contribution in [1.82, 2.24) is 0 Å². The summed E-state index contributed by atoms with van der Waals surface area (Å²) in [6, 6.07) is 43.0. The molecule has 0 aliphatic heterocycles. The van der Waals surface area contributed by atoms with Crippen LogP contribution < -0.4 is 21.2 Å². The maximum absolute atomic E-state index is 10.7. The third kappa shape index (κ3) is 30.9. The number of aliphatic hydroxyl groups is 8. The van der Waals surface area contributed by atoms with Gasteiger partial charge in [0, 0.05) is 42.1 Å². The Morgan fingerprint density at radius 2 is 0.414 bits per heavy atom. The Kier molecular flexibility index (Phi) is 33.4. The summed E-state index contributed by atoms with van der Waals surface area (Å²) >= 11 is 0. The molecule has 0 fully saturated rings. The van der Waals surface area contributed by atoms with E-state index in [1.165, 1.54) is 21.2 Å². The molecule has 0 amide bonds. The predicted octanol–water partition coefficient (Wildman–Crippen LogP) is 4.40. The molecule has 4 aromatic rings. The van der Waals surface area contributed by atoms with Gasteiger partial charge >= 0.3 is 24.7 Å². The molecule has 0 aromatic heterocycles. The zero-order valence-corrected chi connectivity index (χ0v) is 35.8. The fourth-order valence-electron chi connectivity index (χ4n) is 3.09. The molecule has 0 radical (unpaired) electrons. The van der Waals surface area contributed by atoms with Gasteiger partial charge in [0.1, 0.15) is 0 Å². The Bertz CT molecular complexity index is 1310. The number of alkyl halides is 12. The van der Waals surface area contributed by atoms with Crippen LogP contribution >= 0.6 is 15.8 Å². The molecular weight excluding hydrogens is 1020 g/mol. The van der Waals surface area contributed by atoms with E-state index in [4.69, 9.17) is 40.9 Å². The second-order valence-corrected chi connectivity index (χ2v) is 15.2. The quantitative estimate of drug-likeness (QED) is 0.0647. The van der Waals surface area contributed by atoms with Gasteiger partial charge in [0.25, 0.3) is 25.2 Å². The molecule has 0 spiro atoms. The largest absolute Gasteiger partial charge is 0.439 e. The summed E-state index contributed by atoms with van der Waals surface area (Å²) in [5, 5.41) is 64.5. The summed E-state index contributed by atoms with van der Waals surface area (Å²) in [6.07, 6.45) is -32.4. The van der Waals surface area contributed by atoms with E-state index >= 15 is 0 Å². The van der Waals surface area contributed by atoms with Gasteiger partial charge in [-0.3, -0.25) is 0 Å². The third-order valence-electron chi connectivity index (χ3n) is 6.00. The fraction of sp³-hybridized carbons (Fsp3) is 0.294. The van der Waals surface area contributed by atoms with Gasteiger partial charge in [-0.15, -0.1) is 0 Å². The topological polar surface area (TPSA) is 162 Å². The van der Waals surface area contributed by atoms with Crippen molar-refractivity contribution in [2.24, 2.45) is 0 Å². The van der Waals surface area contributed by atoms with E-state index in [0.717, 1.165) is 0 Å². The monoisotopic (exact) mass is 1060 g/mol. The second kappa shape index (κ2) is 30.9. The Balaban J connectivity index is -0.000000311. The molecule has 0 unspecified atom stereocenters. The van der Waals surface area contributed by atoms with Crippen LogP contribution in [0.15, 0.2) is 121 Å². The summed E-state index contributed by atoms with van der Waals surface area (Å²) in [5.41, 5.74) is 0. The van der Waals surface area contributed by atoms with Gasteiger partial charge in [0.2, 0.25) is 0 Å². The molecule has 0 heterocycles. The summed E-state index contributed by atoms with van der Waals surface area (Å²) in [4.78, 5) is 0. The number of hydrogen-bond donors (Lipinski definition) is 8. The molecule has 328 valence electrons. The molecule has 0 aliphatic carbocycles. The predicted molar refractivity (Wildman–Crippen MR) is 190 cm³/mol. The van der Waals surface area contributed by atoms with Gasteiger partial charge in [-0.1, -0.05) is 72.8 Å². The molecule has 8 nitrogen and oxygen atoms in total. The minimum Gasteiger partial charge on any atom is -0.361 e. The third-order valence-corrected chi connectivity index (χ3v) is 10.8. The molecule has 0 saturated carbocycles. The summed E-state index contributed by atoms with van der Waals surface area (Å²) in [5.74, 6) is 0. The Hall–Kier alpha value is -2.04. The van der Waals surface area contributed by atoms with Crippen LogP contribution in [0.5, 0.6) is 0 Å². The maximum atomic E-state index is 10.7. The van der Waals surface area contributed by atoms with Crippen LogP contribution in [0.4, 0.5) is 52.7 Å². The van der Waals surface area contributed by atoms with Crippen LogP contribution in [0.3, 0.4) is 0 Å². The van der Waals surface area contributed by atoms with E-state index in [2.05, 4.69) is 135 Å². The SMILES string of the molecule is C[PH+](c1ccccc1)c1ccccc1.C[PH+](c1ccccc1)c1ccccc1.OC(O)C(F)(F)F.OC(O)C(F)(F)F.OC(O)C(F)(F)F.OC(O)C(F)(F)F.[Mo].[Mo]. The fourth-order valence-corrected chi connectivity index (χ4v) is 6.52.